The summed E-state index contributed by atoms with van der Waals surface area (Å²) in [5.74, 6) is -0.507. The van der Waals surface area contributed by atoms with Crippen LogP contribution in [0, 0.1) is 0 Å². The molecule has 0 fully saturated rings. The number of carbonyl (C=O) groups is 2. The van der Waals surface area contributed by atoms with Crippen molar-refractivity contribution in [1.82, 2.24) is 5.32 Å². The van der Waals surface area contributed by atoms with E-state index in [2.05, 4.69) is 10.6 Å². The number of rotatable bonds is 7. The number of nitrogens with two attached hydrogens (primary N) is 1. The van der Waals surface area contributed by atoms with E-state index in [9.17, 15) is 9.59 Å². The molecule has 1 heterocycles. The fourth-order valence-corrected chi connectivity index (χ4v) is 3.00. The third kappa shape index (κ3) is 5.04. The Morgan fingerprint density at radius 1 is 1.20 bits per heavy atom. The number of carbonyl (C=O) groups excluding carboxylic acids is 2. The smallest absolute Gasteiger partial charge is 0.265 e. The summed E-state index contributed by atoms with van der Waals surface area (Å²) in [6.07, 6.45) is 1.54. The molecule has 0 spiro atoms. The van der Waals surface area contributed by atoms with Crippen LogP contribution in [0.25, 0.3) is 0 Å². The van der Waals surface area contributed by atoms with Crippen LogP contribution in [0.4, 0.5) is 5.69 Å². The molecule has 5 nitrogen and oxygen atoms in total. The topological polar surface area (TPSA) is 84.2 Å². The average Bonchev–Trinajstić information content (AvgIpc) is 3.16. The van der Waals surface area contributed by atoms with Gasteiger partial charge in [-0.1, -0.05) is 31.5 Å². The van der Waals surface area contributed by atoms with Crippen LogP contribution in [-0.2, 0) is 0 Å². The highest BCUT2D eigenvalue weighted by molar-refractivity contribution is 7.12. The molecule has 0 radical (unpaired) electrons. The largest absolute Gasteiger partial charge is 0.350 e. The summed E-state index contributed by atoms with van der Waals surface area (Å²) in [4.78, 5) is 25.1. The van der Waals surface area contributed by atoms with Gasteiger partial charge in [0.2, 0.25) is 0 Å². The molecule has 0 saturated heterocycles. The van der Waals surface area contributed by atoms with Crippen molar-refractivity contribution in [2.45, 2.75) is 32.2 Å². The average molecular weight is 380 g/mol. The summed E-state index contributed by atoms with van der Waals surface area (Å²) in [5, 5.41) is 7.78. The maximum Gasteiger partial charge on any atom is 0.265 e. The second-order valence-electron chi connectivity index (χ2n) is 5.88. The van der Waals surface area contributed by atoms with Gasteiger partial charge in [-0.25, -0.2) is 0 Å². The zero-order valence-corrected chi connectivity index (χ0v) is 15.8. The van der Waals surface area contributed by atoms with Crippen LogP contribution in [0.1, 0.15) is 46.7 Å². The summed E-state index contributed by atoms with van der Waals surface area (Å²) in [6, 6.07) is 8.30. The van der Waals surface area contributed by atoms with Gasteiger partial charge in [0.1, 0.15) is 0 Å². The van der Waals surface area contributed by atoms with Crippen LogP contribution in [-0.4, -0.2) is 23.9 Å². The van der Waals surface area contributed by atoms with Gasteiger partial charge in [0.15, 0.2) is 0 Å². The normalized spacial score (nSPS) is 11.2. The van der Waals surface area contributed by atoms with Gasteiger partial charge < -0.3 is 16.4 Å². The van der Waals surface area contributed by atoms with Gasteiger partial charge >= 0.3 is 0 Å². The Morgan fingerprint density at radius 3 is 2.52 bits per heavy atom. The van der Waals surface area contributed by atoms with Gasteiger partial charge in [-0.2, -0.15) is 0 Å². The summed E-state index contributed by atoms with van der Waals surface area (Å²) in [5.41, 5.74) is 6.60. The summed E-state index contributed by atoms with van der Waals surface area (Å²) >= 11 is 7.47. The van der Waals surface area contributed by atoms with E-state index in [-0.39, 0.29) is 11.8 Å². The Kier molecular flexibility index (Phi) is 6.58. The molecule has 134 valence electrons. The number of halogens is 1. The highest BCUT2D eigenvalue weighted by Gasteiger charge is 2.21. The quantitative estimate of drug-likeness (QED) is 0.682. The third-order valence-corrected chi connectivity index (χ3v) is 5.43. The van der Waals surface area contributed by atoms with E-state index in [4.69, 9.17) is 17.3 Å². The maximum absolute atomic E-state index is 12.4. The molecule has 0 bridgehead atoms. The first-order valence-electron chi connectivity index (χ1n) is 8.10. The fraction of sp³-hybridized carbons (Fsp3) is 0.333. The number of hydrogen-bond acceptors (Lipinski definition) is 4. The number of amides is 2. The lowest BCUT2D eigenvalue weighted by atomic mass is 9.94. The molecule has 4 N–H and O–H groups in total. The zero-order chi connectivity index (χ0) is 18.4. The standard InChI is InChI=1S/C18H22ClN3O2S/c1-3-18(20,4-2)11-21-16(23)12-7-8-13(19)14(10-12)22-17(24)15-6-5-9-25-15/h5-10H,3-4,11,20H2,1-2H3,(H,21,23)(H,22,24). The minimum Gasteiger partial charge on any atom is -0.350 e. The van der Waals surface area contributed by atoms with Crippen molar-refractivity contribution >= 4 is 40.4 Å². The molecule has 0 unspecified atom stereocenters. The molecule has 25 heavy (non-hydrogen) atoms. The van der Waals surface area contributed by atoms with Crippen LogP contribution in [0.2, 0.25) is 5.02 Å². The minimum absolute atomic E-state index is 0.250. The van der Waals surface area contributed by atoms with Gasteiger partial charge in [0.05, 0.1) is 15.6 Å². The van der Waals surface area contributed by atoms with E-state index in [0.717, 1.165) is 12.8 Å². The van der Waals surface area contributed by atoms with Crippen molar-refractivity contribution in [3.63, 3.8) is 0 Å². The monoisotopic (exact) mass is 379 g/mol. The number of nitrogens with one attached hydrogen (secondary N) is 2. The SMILES string of the molecule is CCC(N)(CC)CNC(=O)c1ccc(Cl)c(NC(=O)c2cccs2)c1. The summed E-state index contributed by atoms with van der Waals surface area (Å²) < 4.78 is 0. The molecule has 1 aromatic heterocycles. The molecule has 0 saturated carbocycles. The van der Waals surface area contributed by atoms with Crippen molar-refractivity contribution in [2.24, 2.45) is 5.73 Å². The van der Waals surface area contributed by atoms with Crippen LogP contribution >= 0.6 is 22.9 Å². The molecular formula is C18H22ClN3O2S. The van der Waals surface area contributed by atoms with E-state index in [1.54, 1.807) is 30.3 Å². The van der Waals surface area contributed by atoms with E-state index >= 15 is 0 Å². The fourth-order valence-electron chi connectivity index (χ4n) is 2.21. The first kappa shape index (κ1) is 19.4. The van der Waals surface area contributed by atoms with Crippen molar-refractivity contribution in [3.8, 4) is 0 Å². The lowest BCUT2D eigenvalue weighted by molar-refractivity contribution is 0.0941. The van der Waals surface area contributed by atoms with Gasteiger partial charge in [-0.3, -0.25) is 9.59 Å². The Labute approximate surface area is 156 Å². The first-order valence-corrected chi connectivity index (χ1v) is 9.36. The molecular weight excluding hydrogens is 358 g/mol. The highest BCUT2D eigenvalue weighted by Crippen LogP contribution is 2.24. The molecule has 0 aliphatic heterocycles. The summed E-state index contributed by atoms with van der Waals surface area (Å²) in [7, 11) is 0. The minimum atomic E-state index is -0.418. The highest BCUT2D eigenvalue weighted by atomic mass is 35.5. The third-order valence-electron chi connectivity index (χ3n) is 4.23. The number of anilines is 1. The number of benzene rings is 1. The van der Waals surface area contributed by atoms with Gasteiger partial charge in [-0.15, -0.1) is 11.3 Å². The van der Waals surface area contributed by atoms with Crippen molar-refractivity contribution in [3.05, 3.63) is 51.2 Å². The summed E-state index contributed by atoms with van der Waals surface area (Å²) in [6.45, 7) is 4.38. The van der Waals surface area contributed by atoms with Crippen molar-refractivity contribution < 1.29 is 9.59 Å². The molecule has 0 aliphatic carbocycles. The van der Waals surface area contributed by atoms with E-state index in [1.807, 2.05) is 19.2 Å². The van der Waals surface area contributed by atoms with Gasteiger partial charge in [-0.05, 0) is 42.5 Å². The first-order chi connectivity index (χ1) is 11.9. The number of thiophene rings is 1. The van der Waals surface area contributed by atoms with Crippen molar-refractivity contribution in [2.75, 3.05) is 11.9 Å². The predicted molar refractivity (Wildman–Crippen MR) is 104 cm³/mol. The van der Waals surface area contributed by atoms with Crippen LogP contribution in [0.15, 0.2) is 35.7 Å². The molecule has 1 aromatic carbocycles. The van der Waals surface area contributed by atoms with Gasteiger partial charge in [0.25, 0.3) is 11.8 Å². The lowest BCUT2D eigenvalue weighted by Crippen LogP contribution is -2.49. The van der Waals surface area contributed by atoms with E-state index in [0.29, 0.717) is 27.7 Å². The number of hydrogen-bond donors (Lipinski definition) is 3. The maximum atomic E-state index is 12.4. The zero-order valence-electron chi connectivity index (χ0n) is 14.3. The van der Waals surface area contributed by atoms with E-state index < -0.39 is 5.54 Å². The van der Waals surface area contributed by atoms with Crippen molar-refractivity contribution in [1.29, 1.82) is 0 Å². The Morgan fingerprint density at radius 2 is 1.92 bits per heavy atom. The van der Waals surface area contributed by atoms with Crippen LogP contribution < -0.4 is 16.4 Å². The molecule has 0 aliphatic rings. The van der Waals surface area contributed by atoms with Crippen LogP contribution in [0.5, 0.6) is 0 Å². The van der Waals surface area contributed by atoms with Gasteiger partial charge in [0, 0.05) is 17.6 Å². The molecule has 2 aromatic rings. The Balaban J connectivity index is 2.10. The Hall–Kier alpha value is -1.89. The second kappa shape index (κ2) is 8.47. The molecule has 2 amide bonds. The predicted octanol–water partition coefficient (Wildman–Crippen LogP) is 3.90. The van der Waals surface area contributed by atoms with Crippen LogP contribution in [0.3, 0.4) is 0 Å². The lowest BCUT2D eigenvalue weighted by Gasteiger charge is -2.26. The molecule has 7 heteroatoms. The van der Waals surface area contributed by atoms with E-state index in [1.165, 1.54) is 11.3 Å². The second-order valence-corrected chi connectivity index (χ2v) is 7.23. The molecule has 2 rings (SSSR count). The Bertz CT molecular complexity index is 743. The molecule has 0 atom stereocenters.